The third-order valence-electron chi connectivity index (χ3n) is 3.20. The molecule has 0 unspecified atom stereocenters. The molecule has 3 rings (SSSR count). The van der Waals surface area contributed by atoms with E-state index in [4.69, 9.17) is 0 Å². The number of carbonyl (C=O) groups is 1. The molecule has 0 spiro atoms. The number of amides is 1. The van der Waals surface area contributed by atoms with E-state index >= 15 is 0 Å². The lowest BCUT2D eigenvalue weighted by atomic mass is 10.2. The number of aromatic nitrogens is 1. The van der Waals surface area contributed by atoms with Gasteiger partial charge >= 0.3 is 0 Å². The molecule has 0 aliphatic rings. The molecule has 0 aliphatic heterocycles. The second-order valence-electron chi connectivity index (χ2n) is 4.67. The van der Waals surface area contributed by atoms with Crippen molar-refractivity contribution in [3.63, 3.8) is 0 Å². The van der Waals surface area contributed by atoms with E-state index in [0.717, 1.165) is 25.5 Å². The zero-order valence-corrected chi connectivity index (χ0v) is 14.2. The van der Waals surface area contributed by atoms with Crippen molar-refractivity contribution < 1.29 is 4.79 Å². The van der Waals surface area contributed by atoms with E-state index in [1.165, 1.54) is 0 Å². The van der Waals surface area contributed by atoms with Crippen molar-refractivity contribution in [2.45, 2.75) is 6.54 Å². The van der Waals surface area contributed by atoms with Gasteiger partial charge in [-0.15, -0.1) is 0 Å². The molecule has 1 amide bonds. The summed E-state index contributed by atoms with van der Waals surface area (Å²) < 4.78 is 3.96. The van der Waals surface area contributed by atoms with Crippen molar-refractivity contribution in [3.05, 3.63) is 63.7 Å². The van der Waals surface area contributed by atoms with Gasteiger partial charge in [0, 0.05) is 31.7 Å². The number of carbonyl (C=O) groups excluding carboxylic acids is 1. The SMILES string of the molecule is O=C(Cn1ccc2c(Br)cccc21)Nc1ccc(Br)cc1. The molecule has 1 N–H and O–H groups in total. The number of benzene rings is 2. The normalized spacial score (nSPS) is 10.8. The summed E-state index contributed by atoms with van der Waals surface area (Å²) in [6.45, 7) is 0.288. The molecule has 106 valence electrons. The van der Waals surface area contributed by atoms with E-state index in [1.807, 2.05) is 59.3 Å². The van der Waals surface area contributed by atoms with Gasteiger partial charge in [-0.1, -0.05) is 37.9 Å². The molecule has 0 radical (unpaired) electrons. The second-order valence-corrected chi connectivity index (χ2v) is 6.44. The lowest BCUT2D eigenvalue weighted by Gasteiger charge is -2.08. The van der Waals surface area contributed by atoms with Crippen LogP contribution in [0.1, 0.15) is 0 Å². The molecular weight excluding hydrogens is 396 g/mol. The Morgan fingerprint density at radius 2 is 1.81 bits per heavy atom. The van der Waals surface area contributed by atoms with Crippen molar-refractivity contribution in [1.29, 1.82) is 0 Å². The van der Waals surface area contributed by atoms with Crippen LogP contribution in [-0.2, 0) is 11.3 Å². The Morgan fingerprint density at radius 3 is 2.57 bits per heavy atom. The van der Waals surface area contributed by atoms with Gasteiger partial charge in [-0.3, -0.25) is 4.79 Å². The first-order valence-electron chi connectivity index (χ1n) is 6.42. The highest BCUT2D eigenvalue weighted by Gasteiger charge is 2.08. The maximum absolute atomic E-state index is 12.1. The Labute approximate surface area is 139 Å². The predicted octanol–water partition coefficient (Wildman–Crippen LogP) is 4.81. The summed E-state index contributed by atoms with van der Waals surface area (Å²) in [5.41, 5.74) is 1.83. The van der Waals surface area contributed by atoms with Gasteiger partial charge in [0.2, 0.25) is 5.91 Å². The van der Waals surface area contributed by atoms with Gasteiger partial charge in [-0.2, -0.15) is 0 Å². The summed E-state index contributed by atoms with van der Waals surface area (Å²) in [7, 11) is 0. The smallest absolute Gasteiger partial charge is 0.244 e. The minimum Gasteiger partial charge on any atom is -0.338 e. The fraction of sp³-hybridized carbons (Fsp3) is 0.0625. The first-order valence-corrected chi connectivity index (χ1v) is 8.01. The van der Waals surface area contributed by atoms with Crippen molar-refractivity contribution in [2.75, 3.05) is 5.32 Å². The number of fused-ring (bicyclic) bond motifs is 1. The van der Waals surface area contributed by atoms with Gasteiger partial charge in [0.25, 0.3) is 0 Å². The summed E-state index contributed by atoms with van der Waals surface area (Å²) in [6, 6.07) is 15.5. The Bertz CT molecular complexity index is 794. The average Bonchev–Trinajstić information content (AvgIpc) is 2.86. The van der Waals surface area contributed by atoms with Crippen molar-refractivity contribution in [2.24, 2.45) is 0 Å². The van der Waals surface area contributed by atoms with Crippen LogP contribution in [0, 0.1) is 0 Å². The van der Waals surface area contributed by atoms with E-state index < -0.39 is 0 Å². The van der Waals surface area contributed by atoms with E-state index in [0.29, 0.717) is 0 Å². The molecular formula is C16H12Br2N2O. The lowest BCUT2D eigenvalue weighted by Crippen LogP contribution is -2.18. The third-order valence-corrected chi connectivity index (χ3v) is 4.42. The van der Waals surface area contributed by atoms with Crippen LogP contribution in [-0.4, -0.2) is 10.5 Å². The summed E-state index contributed by atoms with van der Waals surface area (Å²) in [5, 5.41) is 4.00. The number of hydrogen-bond donors (Lipinski definition) is 1. The highest BCUT2D eigenvalue weighted by Crippen LogP contribution is 2.24. The van der Waals surface area contributed by atoms with Gasteiger partial charge in [-0.25, -0.2) is 0 Å². The zero-order valence-electron chi connectivity index (χ0n) is 11.0. The Hall–Kier alpha value is -1.59. The summed E-state index contributed by atoms with van der Waals surface area (Å²) in [6.07, 6.45) is 1.93. The maximum atomic E-state index is 12.1. The maximum Gasteiger partial charge on any atom is 0.244 e. The van der Waals surface area contributed by atoms with Gasteiger partial charge in [0.05, 0.1) is 0 Å². The number of rotatable bonds is 3. The second kappa shape index (κ2) is 6.03. The highest BCUT2D eigenvalue weighted by atomic mass is 79.9. The predicted molar refractivity (Wildman–Crippen MR) is 92.4 cm³/mol. The molecule has 0 aliphatic carbocycles. The van der Waals surface area contributed by atoms with Crippen LogP contribution < -0.4 is 5.32 Å². The zero-order chi connectivity index (χ0) is 14.8. The standard InChI is InChI=1S/C16H12Br2N2O/c17-11-4-6-12(7-5-11)19-16(21)10-20-9-8-13-14(18)2-1-3-15(13)20/h1-9H,10H2,(H,19,21). The molecule has 0 bridgehead atoms. The fourth-order valence-electron chi connectivity index (χ4n) is 2.21. The first-order chi connectivity index (χ1) is 10.1. The van der Waals surface area contributed by atoms with E-state index in [1.54, 1.807) is 0 Å². The van der Waals surface area contributed by atoms with E-state index in [-0.39, 0.29) is 12.5 Å². The van der Waals surface area contributed by atoms with Gasteiger partial charge in [-0.05, 0) is 42.5 Å². The fourth-order valence-corrected chi connectivity index (χ4v) is 2.96. The average molecular weight is 408 g/mol. The van der Waals surface area contributed by atoms with Gasteiger partial charge in [0.1, 0.15) is 6.54 Å². The summed E-state index contributed by atoms with van der Waals surface area (Å²) >= 11 is 6.89. The minimum atomic E-state index is -0.0465. The number of halogens is 2. The number of nitrogens with one attached hydrogen (secondary N) is 1. The van der Waals surface area contributed by atoms with Crippen LogP contribution in [0.3, 0.4) is 0 Å². The molecule has 21 heavy (non-hydrogen) atoms. The Balaban J connectivity index is 1.77. The molecule has 5 heteroatoms. The molecule has 0 atom stereocenters. The van der Waals surface area contributed by atoms with Gasteiger partial charge < -0.3 is 9.88 Å². The minimum absolute atomic E-state index is 0.0465. The van der Waals surface area contributed by atoms with Crippen molar-refractivity contribution in [3.8, 4) is 0 Å². The van der Waals surface area contributed by atoms with E-state index in [9.17, 15) is 4.79 Å². The molecule has 1 aromatic heterocycles. The van der Waals surface area contributed by atoms with Crippen LogP contribution in [0.2, 0.25) is 0 Å². The third kappa shape index (κ3) is 3.19. The molecule has 1 heterocycles. The number of anilines is 1. The summed E-state index contributed by atoms with van der Waals surface area (Å²) in [5.74, 6) is -0.0465. The van der Waals surface area contributed by atoms with Crippen molar-refractivity contribution >= 4 is 54.4 Å². The largest absolute Gasteiger partial charge is 0.338 e. The molecule has 0 saturated carbocycles. The highest BCUT2D eigenvalue weighted by molar-refractivity contribution is 9.11. The number of nitrogens with zero attached hydrogens (tertiary/aromatic N) is 1. The van der Waals surface area contributed by atoms with E-state index in [2.05, 4.69) is 37.2 Å². The van der Waals surface area contributed by atoms with Crippen LogP contribution in [0.25, 0.3) is 10.9 Å². The molecule has 3 aromatic rings. The quantitative estimate of drug-likeness (QED) is 0.664. The van der Waals surface area contributed by atoms with Crippen LogP contribution >= 0.6 is 31.9 Å². The van der Waals surface area contributed by atoms with Crippen molar-refractivity contribution in [1.82, 2.24) is 4.57 Å². The van der Waals surface area contributed by atoms with Crippen LogP contribution in [0.15, 0.2) is 63.7 Å². The van der Waals surface area contributed by atoms with Crippen LogP contribution in [0.5, 0.6) is 0 Å². The topological polar surface area (TPSA) is 34.0 Å². The monoisotopic (exact) mass is 406 g/mol. The molecule has 2 aromatic carbocycles. The first kappa shape index (κ1) is 14.4. The molecule has 0 saturated heterocycles. The number of hydrogen-bond acceptors (Lipinski definition) is 1. The lowest BCUT2D eigenvalue weighted by molar-refractivity contribution is -0.116. The Kier molecular flexibility index (Phi) is 4.12. The molecule has 0 fully saturated rings. The summed E-state index contributed by atoms with van der Waals surface area (Å²) in [4.78, 5) is 12.1. The van der Waals surface area contributed by atoms with Crippen LogP contribution in [0.4, 0.5) is 5.69 Å². The van der Waals surface area contributed by atoms with Gasteiger partial charge in [0.15, 0.2) is 0 Å². The Morgan fingerprint density at radius 1 is 1.05 bits per heavy atom. The molecule has 3 nitrogen and oxygen atoms in total.